The number of benzene rings is 9. The molecular weight excluding hydrogens is 1700 g/mol. The summed E-state index contributed by atoms with van der Waals surface area (Å²) in [7, 11) is 0. The van der Waals surface area contributed by atoms with Gasteiger partial charge in [0.15, 0.2) is 23.1 Å². The van der Waals surface area contributed by atoms with Gasteiger partial charge in [0.25, 0.3) is 0 Å². The van der Waals surface area contributed by atoms with Gasteiger partial charge in [-0.1, -0.05) is 142 Å². The van der Waals surface area contributed by atoms with E-state index in [9.17, 15) is 38.4 Å². The second-order valence-electron chi connectivity index (χ2n) is 35.5. The van der Waals surface area contributed by atoms with Crippen LogP contribution in [-0.2, 0) is 19.2 Å². The third kappa shape index (κ3) is 20.9. The molecule has 4 spiro atoms. The Kier molecular flexibility index (Phi) is 29.0. The van der Waals surface area contributed by atoms with Gasteiger partial charge in [-0.15, -0.1) is 0 Å². The van der Waals surface area contributed by atoms with Crippen molar-refractivity contribution in [1.82, 2.24) is 50.8 Å². The summed E-state index contributed by atoms with van der Waals surface area (Å²) in [6.07, 6.45) is 13.3. The number of para-hydroxylation sites is 1. The fraction of sp³-hybridized carbons (Fsp3) is 0.369. The van der Waals surface area contributed by atoms with Crippen molar-refractivity contribution in [2.24, 2.45) is 0 Å². The van der Waals surface area contributed by atoms with Gasteiger partial charge in [-0.05, 0) is 261 Å². The van der Waals surface area contributed by atoms with Crippen LogP contribution in [0.25, 0.3) is 32.6 Å². The van der Waals surface area contributed by atoms with Crippen molar-refractivity contribution in [1.29, 1.82) is 0 Å². The molecule has 11 aromatic rings. The number of pyridine rings is 1. The summed E-state index contributed by atoms with van der Waals surface area (Å²) in [6.45, 7) is 16.4. The van der Waals surface area contributed by atoms with Crippen LogP contribution in [0.3, 0.4) is 0 Å². The summed E-state index contributed by atoms with van der Waals surface area (Å²) in [5.41, 5.74) is 9.30. The van der Waals surface area contributed by atoms with Gasteiger partial charge in [0, 0.05) is 160 Å². The minimum Gasteiger partial charge on any atom is -0.352 e. The molecule has 5 N–H and O–H groups in total. The van der Waals surface area contributed by atoms with Crippen molar-refractivity contribution in [3.63, 3.8) is 0 Å². The molecule has 8 fully saturated rings. The second-order valence-corrected chi connectivity index (χ2v) is 37.2. The second kappa shape index (κ2) is 40.9. The number of nitrogens with one attached hydrogen (secondary N) is 5. The van der Waals surface area contributed by atoms with Gasteiger partial charge in [0.05, 0.1) is 37.9 Å². The Balaban J connectivity index is 0.000000126. The predicted octanol–water partition coefficient (Wildman–Crippen LogP) is 17.7. The number of ketones is 4. The number of halogens is 4. The Morgan fingerprint density at radius 1 is 0.326 bits per heavy atom. The first kappa shape index (κ1) is 91.3. The first-order chi connectivity index (χ1) is 62.5. The van der Waals surface area contributed by atoms with Crippen LogP contribution in [0.15, 0.2) is 225 Å². The highest BCUT2D eigenvalue weighted by Gasteiger charge is 2.54. The van der Waals surface area contributed by atoms with E-state index in [1.165, 1.54) is 5.56 Å². The lowest BCUT2D eigenvalue weighted by atomic mass is 9.85. The zero-order valence-corrected chi connectivity index (χ0v) is 76.3. The van der Waals surface area contributed by atoms with E-state index in [0.717, 1.165) is 228 Å². The third-order valence-electron chi connectivity index (χ3n) is 27.6. The number of Topliss-reactive ketones (excluding diaryl/α,β-unsaturated/α-hetero) is 4. The van der Waals surface area contributed by atoms with E-state index in [1.807, 2.05) is 207 Å². The van der Waals surface area contributed by atoms with Gasteiger partial charge in [0.2, 0.25) is 23.6 Å². The lowest BCUT2D eigenvalue weighted by molar-refractivity contribution is -0.125. The Hall–Kier alpha value is -11.1. The van der Waals surface area contributed by atoms with Crippen molar-refractivity contribution < 1.29 is 38.4 Å². The largest absolute Gasteiger partial charge is 0.352 e. The molecule has 0 bridgehead atoms. The molecule has 10 heterocycles. The van der Waals surface area contributed by atoms with E-state index < -0.39 is 22.2 Å². The van der Waals surface area contributed by atoms with E-state index in [1.54, 1.807) is 6.20 Å². The van der Waals surface area contributed by atoms with Crippen LogP contribution in [0.4, 0.5) is 22.7 Å². The molecule has 8 aliphatic heterocycles. The number of aromatic amines is 1. The summed E-state index contributed by atoms with van der Waals surface area (Å²) in [6, 6.07) is 70.5. The summed E-state index contributed by atoms with van der Waals surface area (Å²) >= 11 is 24.2. The molecule has 670 valence electrons. The zero-order chi connectivity index (χ0) is 89.8. The van der Waals surface area contributed by atoms with Crippen molar-refractivity contribution in [3.05, 3.63) is 278 Å². The first-order valence-corrected chi connectivity index (χ1v) is 46.8. The number of H-pyrrole nitrogens is 1. The van der Waals surface area contributed by atoms with Crippen LogP contribution in [0.2, 0.25) is 20.1 Å². The summed E-state index contributed by atoms with van der Waals surface area (Å²) in [4.78, 5) is 128. The minimum atomic E-state index is -0.503. The average molecular weight is 1820 g/mol. The number of likely N-dealkylation sites (tertiary alicyclic amines) is 4. The topological polar surface area (TPSA) is 239 Å². The molecule has 8 saturated heterocycles. The number of aryl methyl sites for hydroxylation is 2. The summed E-state index contributed by atoms with van der Waals surface area (Å²) < 4.78 is 0. The molecule has 4 amide bonds. The number of nitrogens with zero attached hydrogens (tertiary/aromatic N) is 9. The number of hydrogen-bond acceptors (Lipinski definition) is 17. The molecule has 0 saturated carbocycles. The maximum atomic E-state index is 12.8. The third-order valence-corrected chi connectivity index (χ3v) is 28.6. The number of anilines is 4. The molecule has 0 atom stereocenters. The van der Waals surface area contributed by atoms with Gasteiger partial charge < -0.3 is 65.5 Å². The number of carbonyl (C=O) groups excluding carboxylic acids is 8. The van der Waals surface area contributed by atoms with Crippen LogP contribution in [-0.4, -0.2) is 204 Å². The van der Waals surface area contributed by atoms with Gasteiger partial charge >= 0.3 is 0 Å². The molecule has 129 heavy (non-hydrogen) atoms. The highest BCUT2D eigenvalue weighted by molar-refractivity contribution is 6.31. The summed E-state index contributed by atoms with van der Waals surface area (Å²) in [5.74, 6) is 1.13. The average Bonchev–Trinajstić information content (AvgIpc) is 1.63. The monoisotopic (exact) mass is 1810 g/mol. The van der Waals surface area contributed by atoms with E-state index in [4.69, 9.17) is 46.4 Å². The lowest BCUT2D eigenvalue weighted by Gasteiger charge is -2.43. The van der Waals surface area contributed by atoms with Gasteiger partial charge in [0.1, 0.15) is 22.2 Å². The number of rotatable bonds is 24. The van der Waals surface area contributed by atoms with Crippen LogP contribution >= 0.6 is 46.4 Å². The van der Waals surface area contributed by atoms with Crippen molar-refractivity contribution in [2.45, 2.75) is 139 Å². The zero-order valence-electron chi connectivity index (χ0n) is 73.3. The number of amides is 4. The Morgan fingerprint density at radius 2 is 0.651 bits per heavy atom. The first-order valence-electron chi connectivity index (χ1n) is 45.3. The van der Waals surface area contributed by atoms with Crippen molar-refractivity contribution in [2.75, 3.05) is 125 Å². The van der Waals surface area contributed by atoms with Crippen molar-refractivity contribution >= 4 is 148 Å². The van der Waals surface area contributed by atoms with Crippen molar-refractivity contribution in [3.8, 4) is 0 Å². The SMILES string of the molecule is Cc1ccc(C(=O)CCCN2CCC3(CC2)C(=O)NCN3c2ccc(Cl)cc2)cc1.Cc1ccc2[nH]c(C(=O)CCCN3CCC4(CC3)C(=O)NCN4c3ccc(Cl)cc3)cc2c1.O=C(CCCN1CCC2(CC1)C(=O)NCN2c1ccc(Cl)cc1)c1ccc2ccccc2c1.O=C(CCCN1CCC2(CC1)C(=O)NCN2c1ccc(Cl)cc1)c1cnc2ccccc2c1. The normalized spacial score (nSPS) is 18.2. The fourth-order valence-corrected chi connectivity index (χ4v) is 20.4. The number of hydrogen-bond donors (Lipinski definition) is 5. The Morgan fingerprint density at radius 3 is 1.05 bits per heavy atom. The molecule has 0 radical (unpaired) electrons. The maximum absolute atomic E-state index is 12.8. The highest BCUT2D eigenvalue weighted by atomic mass is 35.5. The number of fused-ring (bicyclic) bond motifs is 3. The molecule has 26 heteroatoms. The van der Waals surface area contributed by atoms with Gasteiger partial charge in [-0.25, -0.2) is 0 Å². The molecule has 19 rings (SSSR count). The molecule has 0 unspecified atom stereocenters. The maximum Gasteiger partial charge on any atom is 0.247 e. The quantitative estimate of drug-likeness (QED) is 0.0353. The van der Waals surface area contributed by atoms with Crippen LogP contribution in [0, 0.1) is 13.8 Å². The standard InChI is InChI=1S/C27H28ClN3O2.C26H29ClN4O2.C26H27ClN4O2.C24H28ClN3O2/c28-23-9-11-24(12-10-23)31-19-29-26(33)27(31)13-16-30(17-14-27)15-3-6-25(32)22-8-7-20-4-1-2-5-21(20)18-22;1-18-4-9-22-19(15-18)16-23(29-22)24(32)3-2-12-30-13-10-26(11-14-30)25(33)28-17-31(26)21-7-5-20(27)6-8-21;27-21-7-9-22(10-8-21)31-18-29-25(33)26(31)11-14-30(15-12-26)13-3-6-24(32)20-16-19-4-1-2-5-23(19)28-17-20;1-18-4-6-19(7-5-18)22(29)3-2-14-27-15-12-24(13-16-27)23(30)26-17-28(24)21-10-8-20(25)9-11-21/h1-2,4-5,7-12,18H,3,6,13-17,19H2,(H,29,33);4-9,15-16,29H,2-3,10-14,17H2,1H3,(H,28,33);1-2,4-5,7-10,16-17H,3,6,11-15,18H2,(H,29,33);4-11H,2-3,12-17H2,1H3,(H,26,30). The molecular formula is C103H112Cl4N14O8. The number of carbonyl (C=O) groups is 8. The molecule has 2 aromatic heterocycles. The number of piperidine rings is 4. The van der Waals surface area contributed by atoms with E-state index in [-0.39, 0.29) is 46.8 Å². The van der Waals surface area contributed by atoms with Crippen LogP contribution < -0.4 is 40.9 Å². The molecule has 22 nitrogen and oxygen atoms in total. The Bertz CT molecular complexity index is 5660. The van der Waals surface area contributed by atoms with Crippen LogP contribution in [0.5, 0.6) is 0 Å². The Labute approximate surface area is 774 Å². The van der Waals surface area contributed by atoms with E-state index in [2.05, 4.69) is 95.6 Å². The lowest BCUT2D eigenvalue weighted by Crippen LogP contribution is -2.56. The van der Waals surface area contributed by atoms with E-state index in [0.29, 0.717) is 83.7 Å². The smallest absolute Gasteiger partial charge is 0.247 e. The van der Waals surface area contributed by atoms with Gasteiger partial charge in [-0.2, -0.15) is 0 Å². The molecule has 8 aliphatic rings. The van der Waals surface area contributed by atoms with Crippen LogP contribution in [0.1, 0.15) is 155 Å². The molecule has 0 aliphatic carbocycles. The number of aromatic nitrogens is 2. The fourth-order valence-electron chi connectivity index (χ4n) is 19.9. The molecule has 9 aromatic carbocycles. The minimum absolute atomic E-state index is 0.107. The highest BCUT2D eigenvalue weighted by Crippen LogP contribution is 2.42. The van der Waals surface area contributed by atoms with Gasteiger partial charge in [-0.3, -0.25) is 43.3 Å². The summed E-state index contributed by atoms with van der Waals surface area (Å²) in [5, 5.41) is 19.2. The van der Waals surface area contributed by atoms with E-state index >= 15 is 0 Å². The predicted molar refractivity (Wildman–Crippen MR) is 516 cm³/mol.